The topological polar surface area (TPSA) is 43.3 Å². The molecule has 0 spiro atoms. The van der Waals surface area contributed by atoms with Crippen LogP contribution >= 0.6 is 0 Å². The van der Waals surface area contributed by atoms with E-state index in [4.69, 9.17) is 4.74 Å². The Morgan fingerprint density at radius 3 is 1.92 bits per heavy atom. The summed E-state index contributed by atoms with van der Waals surface area (Å²) in [5, 5.41) is 1.97. The smallest absolute Gasteiger partial charge is 0.416 e. The summed E-state index contributed by atoms with van der Waals surface area (Å²) in [4.78, 5) is 13.0. The van der Waals surface area contributed by atoms with E-state index in [1.54, 1.807) is 13.8 Å². The molecule has 37 heavy (non-hydrogen) atoms. The molecule has 3 rings (SSSR count). The van der Waals surface area contributed by atoms with Crippen molar-refractivity contribution in [3.63, 3.8) is 0 Å². The van der Waals surface area contributed by atoms with E-state index in [2.05, 4.69) is 6.58 Å². The molecular formula is C24H19F9N2O2. The van der Waals surface area contributed by atoms with Gasteiger partial charge in [-0.15, -0.1) is 0 Å². The number of carbonyl (C=O) groups excluding carboxylic acids is 1. The quantitative estimate of drug-likeness (QED) is 0.263. The van der Waals surface area contributed by atoms with Crippen molar-refractivity contribution in [2.24, 2.45) is 0 Å². The Bertz CT molecular complexity index is 1300. The van der Waals surface area contributed by atoms with E-state index in [0.29, 0.717) is 18.2 Å². The molecule has 0 radical (unpaired) electrons. The van der Waals surface area contributed by atoms with Crippen LogP contribution < -0.4 is 5.32 Å². The summed E-state index contributed by atoms with van der Waals surface area (Å²) >= 11 is 0. The Labute approximate surface area is 204 Å². The van der Waals surface area contributed by atoms with Crippen LogP contribution in [0.15, 0.2) is 55.4 Å². The fourth-order valence-corrected chi connectivity index (χ4v) is 3.72. The van der Waals surface area contributed by atoms with Crippen LogP contribution in [0, 0.1) is 0 Å². The molecule has 0 aliphatic heterocycles. The average Bonchev–Trinajstić information content (AvgIpc) is 3.09. The molecule has 0 aliphatic carbocycles. The predicted octanol–water partition coefficient (Wildman–Crippen LogP) is 8.26. The van der Waals surface area contributed by atoms with Gasteiger partial charge in [0.05, 0.1) is 28.5 Å². The first-order chi connectivity index (χ1) is 16.8. The van der Waals surface area contributed by atoms with Crippen molar-refractivity contribution in [2.75, 3.05) is 5.32 Å². The van der Waals surface area contributed by atoms with E-state index < -0.39 is 52.5 Å². The highest BCUT2D eigenvalue weighted by molar-refractivity contribution is 6.00. The van der Waals surface area contributed by atoms with Gasteiger partial charge in [0.1, 0.15) is 5.60 Å². The fraction of sp³-hybridized carbons (Fsp3) is 0.292. The largest absolute Gasteiger partial charge is 0.496 e. The highest BCUT2D eigenvalue weighted by Crippen LogP contribution is 2.38. The minimum atomic E-state index is -5.14. The Kier molecular flexibility index (Phi) is 7.06. The van der Waals surface area contributed by atoms with Crippen molar-refractivity contribution in [3.05, 3.63) is 77.7 Å². The van der Waals surface area contributed by atoms with Gasteiger partial charge < -0.3 is 10.1 Å². The van der Waals surface area contributed by atoms with Gasteiger partial charge in [0.2, 0.25) is 0 Å². The number of ether oxygens (including phenoxy) is 1. The molecule has 1 heterocycles. The van der Waals surface area contributed by atoms with Crippen molar-refractivity contribution in [3.8, 4) is 0 Å². The van der Waals surface area contributed by atoms with Gasteiger partial charge in [-0.25, -0.2) is 4.79 Å². The number of fused-ring (bicyclic) bond motifs is 1. The van der Waals surface area contributed by atoms with Crippen LogP contribution in [-0.2, 0) is 29.7 Å². The van der Waals surface area contributed by atoms with Crippen LogP contribution in [0.2, 0.25) is 0 Å². The van der Waals surface area contributed by atoms with Gasteiger partial charge in [-0.05, 0) is 55.8 Å². The number of hydrogen-bond donors (Lipinski definition) is 1. The summed E-state index contributed by atoms with van der Waals surface area (Å²) in [5.41, 5.74) is -5.94. The molecule has 0 unspecified atom stereocenters. The lowest BCUT2D eigenvalue weighted by atomic mass is 9.97. The van der Waals surface area contributed by atoms with E-state index in [0.717, 1.165) is 29.2 Å². The van der Waals surface area contributed by atoms with E-state index in [-0.39, 0.29) is 29.0 Å². The third kappa shape index (κ3) is 6.38. The molecule has 1 N–H and O–H groups in total. The van der Waals surface area contributed by atoms with Crippen LogP contribution in [0.25, 0.3) is 10.9 Å². The molecule has 2 aromatic carbocycles. The number of nitrogens with one attached hydrogen (secondary N) is 1. The third-order valence-corrected chi connectivity index (χ3v) is 5.29. The van der Waals surface area contributed by atoms with Crippen LogP contribution in [0.1, 0.15) is 36.1 Å². The summed E-state index contributed by atoms with van der Waals surface area (Å²) in [6.45, 7) is 6.63. The zero-order valence-corrected chi connectivity index (χ0v) is 19.2. The second kappa shape index (κ2) is 9.34. The summed E-state index contributed by atoms with van der Waals surface area (Å²) < 4.78 is 125. The Morgan fingerprint density at radius 2 is 1.43 bits per heavy atom. The van der Waals surface area contributed by atoms with Gasteiger partial charge in [0, 0.05) is 23.7 Å². The number of halogens is 9. The molecule has 0 saturated heterocycles. The number of aromatic nitrogens is 1. The van der Waals surface area contributed by atoms with Crippen molar-refractivity contribution >= 4 is 22.6 Å². The molecular weight excluding hydrogens is 519 g/mol. The number of rotatable bonds is 5. The normalized spacial score (nSPS) is 13.1. The highest BCUT2D eigenvalue weighted by Gasteiger charge is 2.37. The predicted molar refractivity (Wildman–Crippen MR) is 117 cm³/mol. The molecule has 4 nitrogen and oxygen atoms in total. The summed E-state index contributed by atoms with van der Waals surface area (Å²) in [7, 11) is 0. The maximum absolute atomic E-state index is 13.3. The van der Waals surface area contributed by atoms with E-state index in [1.807, 2.05) is 5.32 Å². The summed E-state index contributed by atoms with van der Waals surface area (Å²) in [6.07, 6.45) is -12.7. The van der Waals surface area contributed by atoms with Crippen molar-refractivity contribution < 1.29 is 49.0 Å². The minimum absolute atomic E-state index is 0.00858. The first-order valence-corrected chi connectivity index (χ1v) is 10.4. The lowest BCUT2D eigenvalue weighted by Crippen LogP contribution is -2.25. The van der Waals surface area contributed by atoms with E-state index >= 15 is 0 Å². The third-order valence-electron chi connectivity index (χ3n) is 5.29. The molecule has 0 aliphatic rings. The van der Waals surface area contributed by atoms with Crippen molar-refractivity contribution in [2.45, 2.75) is 44.4 Å². The number of nitrogens with zero attached hydrogens (tertiary/aromatic N) is 1. The Morgan fingerprint density at radius 1 is 0.892 bits per heavy atom. The van der Waals surface area contributed by atoms with E-state index in [9.17, 15) is 44.3 Å². The second-order valence-electron chi connectivity index (χ2n) is 8.70. The standard InChI is InChI=1S/C24H19F9N2O2/c1-4-37-21(2,3)11-13-12-35(19-6-5-14(10-18(13)19)22(25,26)27)20(36)34-17-8-15(23(28,29)30)7-16(9-17)24(31,32)33/h4-10,12H,1,11H2,2-3H3,(H,34,36). The molecule has 0 saturated carbocycles. The van der Waals surface area contributed by atoms with Crippen LogP contribution in [0.4, 0.5) is 50.0 Å². The second-order valence-corrected chi connectivity index (χ2v) is 8.70. The molecule has 13 heteroatoms. The van der Waals surface area contributed by atoms with Crippen molar-refractivity contribution in [1.82, 2.24) is 4.57 Å². The first kappa shape index (κ1) is 27.9. The number of benzene rings is 2. The summed E-state index contributed by atoms with van der Waals surface area (Å²) in [5.74, 6) is 0. The van der Waals surface area contributed by atoms with Crippen molar-refractivity contribution in [1.29, 1.82) is 0 Å². The monoisotopic (exact) mass is 538 g/mol. The molecule has 3 aromatic rings. The van der Waals surface area contributed by atoms with Crippen LogP contribution in [0.3, 0.4) is 0 Å². The number of alkyl halides is 9. The molecule has 0 atom stereocenters. The van der Waals surface area contributed by atoms with Gasteiger partial charge in [-0.3, -0.25) is 4.57 Å². The number of anilines is 1. The molecule has 1 aromatic heterocycles. The van der Waals surface area contributed by atoms with Gasteiger partial charge in [0.25, 0.3) is 0 Å². The lowest BCUT2D eigenvalue weighted by Gasteiger charge is -2.23. The van der Waals surface area contributed by atoms with Gasteiger partial charge in [0.15, 0.2) is 0 Å². The SMILES string of the molecule is C=COC(C)(C)Cc1cn(C(=O)Nc2cc(C(F)(F)F)cc(C(F)(F)F)c2)c2ccc(C(F)(F)F)cc12. The zero-order chi connectivity index (χ0) is 28.0. The molecule has 200 valence electrons. The number of hydrogen-bond acceptors (Lipinski definition) is 2. The van der Waals surface area contributed by atoms with Crippen LogP contribution in [0.5, 0.6) is 0 Å². The van der Waals surface area contributed by atoms with E-state index in [1.165, 1.54) is 0 Å². The van der Waals surface area contributed by atoms with Crippen LogP contribution in [-0.4, -0.2) is 16.2 Å². The minimum Gasteiger partial charge on any atom is -0.496 e. The van der Waals surface area contributed by atoms with Gasteiger partial charge >= 0.3 is 24.6 Å². The fourth-order valence-electron chi connectivity index (χ4n) is 3.72. The highest BCUT2D eigenvalue weighted by atomic mass is 19.4. The lowest BCUT2D eigenvalue weighted by molar-refractivity contribution is -0.143. The van der Waals surface area contributed by atoms with Gasteiger partial charge in [-0.2, -0.15) is 39.5 Å². The molecule has 0 fully saturated rings. The number of amides is 1. The molecule has 0 bridgehead atoms. The summed E-state index contributed by atoms with van der Waals surface area (Å²) in [6, 6.07) is 1.84. The number of carbonyl (C=O) groups is 1. The maximum atomic E-state index is 13.3. The maximum Gasteiger partial charge on any atom is 0.416 e. The average molecular weight is 538 g/mol. The first-order valence-electron chi connectivity index (χ1n) is 10.4. The zero-order valence-electron chi connectivity index (χ0n) is 19.2. The van der Waals surface area contributed by atoms with Gasteiger partial charge in [-0.1, -0.05) is 6.58 Å². The Balaban J connectivity index is 2.11. The Hall–Kier alpha value is -3.64. The molecule has 1 amide bonds.